The number of aromatic hydroxyl groups is 2. The Morgan fingerprint density at radius 3 is 2.50 bits per heavy atom. The highest BCUT2D eigenvalue weighted by Crippen LogP contribution is 2.70. The molecule has 10 atom stereocenters. The molecule has 0 amide bonds. The Bertz CT molecular complexity index is 2040. The molecule has 0 aromatic heterocycles. The molecule has 3 saturated carbocycles. The van der Waals surface area contributed by atoms with E-state index in [1.54, 1.807) is 0 Å². The lowest BCUT2D eigenvalue weighted by Crippen LogP contribution is -2.70. The zero-order valence-electron chi connectivity index (χ0n) is 31.8. The van der Waals surface area contributed by atoms with Gasteiger partial charge in [0.2, 0.25) is 6.29 Å². The van der Waals surface area contributed by atoms with Crippen molar-refractivity contribution in [2.75, 3.05) is 33.0 Å². The molecule has 0 radical (unpaired) electrons. The lowest BCUT2D eigenvalue weighted by Gasteiger charge is -2.64. The van der Waals surface area contributed by atoms with E-state index >= 15 is 0 Å². The van der Waals surface area contributed by atoms with Crippen LogP contribution in [0.2, 0.25) is 0 Å². The second-order valence-corrected chi connectivity index (χ2v) is 17.8. The molecule has 3 heterocycles. The van der Waals surface area contributed by atoms with Crippen LogP contribution in [0.1, 0.15) is 91.0 Å². The van der Waals surface area contributed by atoms with E-state index in [4.69, 9.17) is 18.9 Å². The minimum absolute atomic E-state index is 0.0416. The maximum atomic E-state index is 12.6. The molecule has 2 aromatic rings. The van der Waals surface area contributed by atoms with Crippen LogP contribution in [0.25, 0.3) is 10.8 Å². The van der Waals surface area contributed by atoms with Crippen molar-refractivity contribution in [3.63, 3.8) is 0 Å². The first-order valence-electron chi connectivity index (χ1n) is 20.1. The number of rotatable bonds is 7. The van der Waals surface area contributed by atoms with Crippen molar-refractivity contribution < 1.29 is 64.3 Å². The third-order valence-corrected chi connectivity index (χ3v) is 15.1. The Morgan fingerprint density at radius 1 is 1.04 bits per heavy atom. The number of carbonyl (C=O) groups excluding carboxylic acids is 1. The van der Waals surface area contributed by atoms with E-state index in [1.165, 1.54) is 37.8 Å². The average molecular weight is 777 g/mol. The number of benzene rings is 2. The van der Waals surface area contributed by atoms with Gasteiger partial charge in [-0.05, 0) is 117 Å². The summed E-state index contributed by atoms with van der Waals surface area (Å²) in [7, 11) is 0. The monoisotopic (exact) mass is 776 g/mol. The molecule has 5 fully saturated rings. The number of phenols is 2. The molecule has 302 valence electrons. The highest BCUT2D eigenvalue weighted by Gasteiger charge is 2.67. The number of ketones is 1. The van der Waals surface area contributed by atoms with Crippen LogP contribution in [0.3, 0.4) is 0 Å². The summed E-state index contributed by atoms with van der Waals surface area (Å²) in [6.45, 7) is 3.42. The van der Waals surface area contributed by atoms with Gasteiger partial charge in [0.15, 0.2) is 5.78 Å². The van der Waals surface area contributed by atoms with E-state index in [1.807, 2.05) is 0 Å². The second-order valence-electron chi connectivity index (χ2n) is 17.8. The van der Waals surface area contributed by atoms with Crippen molar-refractivity contribution in [1.29, 1.82) is 0 Å². The molecule has 0 unspecified atom stereocenters. The maximum Gasteiger partial charge on any atom is 0.335 e. The number of carboxylic acid groups (broad SMARTS) is 1. The highest BCUT2D eigenvalue weighted by molar-refractivity contribution is 6.11. The summed E-state index contributed by atoms with van der Waals surface area (Å²) in [5.74, 6) is -2.59. The number of aromatic carboxylic acids is 1. The Morgan fingerprint density at radius 2 is 1.80 bits per heavy atom. The molecular formula is C43H52O13. The van der Waals surface area contributed by atoms with Crippen molar-refractivity contribution >= 4 is 22.5 Å². The maximum absolute atomic E-state index is 12.6. The minimum Gasteiger partial charge on any atom is -0.507 e. The second kappa shape index (κ2) is 13.5. The third kappa shape index (κ3) is 5.31. The standard InChI is InChI=1S/C43H52O13/c1-20-31(21(2)46)36(48)33-25(35(20)47)11-23(39(51)52)12-29(33)55-40-37(49)38(50)43(30(16-45)56-40)15-26-27-14-41(7-3-4-8-41)13-24-17-53-19-42(9-10-44,34(24)27)28-6-5-22(18-54-43)32(26)28/h6,11-12,24,26-27,30,34,37-38,40,44-45,47-50H,3-5,7-10,13-19H2,1-2H3,(H,51,52)/t24-,26-,27-,30+,34+,37+,38+,40+,42-,43+/m0/s1. The van der Waals surface area contributed by atoms with Crippen LogP contribution in [0.15, 0.2) is 34.9 Å². The fraction of sp³-hybridized carbons (Fsp3) is 0.628. The first-order chi connectivity index (χ1) is 26.8. The molecule has 3 aliphatic heterocycles. The predicted molar refractivity (Wildman–Crippen MR) is 199 cm³/mol. The Labute approximate surface area is 324 Å². The number of carbonyl (C=O) groups is 2. The van der Waals surface area contributed by atoms with Crippen LogP contribution in [-0.2, 0) is 14.2 Å². The molecule has 2 saturated heterocycles. The molecule has 13 nitrogen and oxygen atoms in total. The first-order valence-corrected chi connectivity index (χ1v) is 20.1. The van der Waals surface area contributed by atoms with Gasteiger partial charge in [-0.2, -0.15) is 0 Å². The van der Waals surface area contributed by atoms with Crippen molar-refractivity contribution in [3.05, 3.63) is 51.6 Å². The number of aliphatic hydroxyl groups excluding tert-OH is 4. The number of hydrogen-bond donors (Lipinski definition) is 7. The van der Waals surface area contributed by atoms with Gasteiger partial charge in [0.25, 0.3) is 0 Å². The van der Waals surface area contributed by atoms with Gasteiger partial charge in [-0.3, -0.25) is 4.79 Å². The summed E-state index contributed by atoms with van der Waals surface area (Å²) in [6, 6.07) is 2.23. The van der Waals surface area contributed by atoms with Gasteiger partial charge in [0.05, 0.1) is 36.3 Å². The van der Waals surface area contributed by atoms with Gasteiger partial charge in [-0.15, -0.1) is 0 Å². The SMILES string of the molecule is CC(=O)c1c(C)c(O)c2cc(C(=O)O)cc(O[C@@H]3O[C@H](CO)[C@]4(C[C@@H]5C6=C(CC=C6[C@]6(CCO)COC[C@@H]7CC8(CCCC8)C[C@@H]5[C@@H]76)CO4)[C@H](O)[C@H]3O)c2c1O. The molecule has 0 bridgehead atoms. The molecule has 2 aromatic carbocycles. The summed E-state index contributed by atoms with van der Waals surface area (Å²) < 4.78 is 25.7. The van der Waals surface area contributed by atoms with E-state index in [0.29, 0.717) is 32.0 Å². The van der Waals surface area contributed by atoms with Crippen LogP contribution >= 0.6 is 0 Å². The number of fused-ring (bicyclic) bond motifs is 3. The van der Waals surface area contributed by atoms with Gasteiger partial charge in [0, 0.05) is 29.6 Å². The number of aliphatic hydroxyl groups is 4. The third-order valence-electron chi connectivity index (χ3n) is 15.1. The summed E-state index contributed by atoms with van der Waals surface area (Å²) in [5.41, 5.74) is 1.32. The highest BCUT2D eigenvalue weighted by atomic mass is 16.7. The van der Waals surface area contributed by atoms with Crippen molar-refractivity contribution in [2.24, 2.45) is 34.5 Å². The molecular weight excluding hydrogens is 724 g/mol. The van der Waals surface area contributed by atoms with Gasteiger partial charge < -0.3 is 54.7 Å². The predicted octanol–water partition coefficient (Wildman–Crippen LogP) is 4.30. The number of phenolic OH excluding ortho intramolecular Hbond substituents is 2. The van der Waals surface area contributed by atoms with Crippen molar-refractivity contribution in [3.8, 4) is 17.2 Å². The minimum atomic E-state index is -1.78. The van der Waals surface area contributed by atoms with E-state index in [0.717, 1.165) is 43.4 Å². The fourth-order valence-corrected chi connectivity index (χ4v) is 13.0. The van der Waals surface area contributed by atoms with Crippen LogP contribution in [0.5, 0.6) is 17.2 Å². The van der Waals surface area contributed by atoms with Crippen molar-refractivity contribution in [2.45, 2.75) is 102 Å². The van der Waals surface area contributed by atoms with Crippen molar-refractivity contribution in [1.82, 2.24) is 0 Å². The molecule has 7 N–H and O–H groups in total. The van der Waals surface area contributed by atoms with Gasteiger partial charge in [0.1, 0.15) is 41.2 Å². The molecule has 7 aliphatic rings. The van der Waals surface area contributed by atoms with Crippen LogP contribution in [0, 0.1) is 41.4 Å². The summed E-state index contributed by atoms with van der Waals surface area (Å²) in [5, 5.41) is 78.0. The van der Waals surface area contributed by atoms with E-state index in [-0.39, 0.29) is 81.4 Å². The molecule has 9 rings (SSSR count). The number of hydrogen-bond acceptors (Lipinski definition) is 12. The van der Waals surface area contributed by atoms with Gasteiger partial charge in [-0.25, -0.2) is 4.79 Å². The van der Waals surface area contributed by atoms with E-state index < -0.39 is 60.1 Å². The van der Waals surface area contributed by atoms with Gasteiger partial charge >= 0.3 is 5.97 Å². The van der Waals surface area contributed by atoms with E-state index in [9.17, 15) is 45.3 Å². The summed E-state index contributed by atoms with van der Waals surface area (Å²) in [6.07, 6.45) is 4.27. The quantitative estimate of drug-likeness (QED) is 0.155. The Kier molecular flexibility index (Phi) is 9.16. The smallest absolute Gasteiger partial charge is 0.335 e. The summed E-state index contributed by atoms with van der Waals surface area (Å²) in [4.78, 5) is 24.8. The molecule has 13 heteroatoms. The van der Waals surface area contributed by atoms with Crippen LogP contribution in [0.4, 0.5) is 0 Å². The topological polar surface area (TPSA) is 213 Å². The zero-order valence-corrected chi connectivity index (χ0v) is 31.8. The Hall–Kier alpha value is -3.56. The molecule has 4 aliphatic carbocycles. The zero-order chi connectivity index (χ0) is 39.5. The average Bonchev–Trinajstić information content (AvgIpc) is 3.77. The number of carboxylic acids is 1. The number of allylic oxidation sites excluding steroid dienone is 2. The molecule has 2 spiro atoms. The fourth-order valence-electron chi connectivity index (χ4n) is 13.0. The lowest BCUT2D eigenvalue weighted by molar-refractivity contribution is -0.326. The largest absolute Gasteiger partial charge is 0.507 e. The number of ether oxygens (including phenoxy) is 4. The molecule has 56 heavy (non-hydrogen) atoms. The Balaban J connectivity index is 1.10. The van der Waals surface area contributed by atoms with Crippen LogP contribution < -0.4 is 4.74 Å². The first kappa shape index (κ1) is 38.0. The van der Waals surface area contributed by atoms with Gasteiger partial charge in [-0.1, -0.05) is 18.9 Å². The lowest BCUT2D eigenvalue weighted by atomic mass is 9.43. The normalized spacial score (nSPS) is 37.0. The van der Waals surface area contributed by atoms with E-state index in [2.05, 4.69) is 6.08 Å². The number of Topliss-reactive ketones (excluding diaryl/α,β-unsaturated/α-hetero) is 1. The van der Waals surface area contributed by atoms with Crippen LogP contribution in [-0.4, -0.2) is 111 Å². The summed E-state index contributed by atoms with van der Waals surface area (Å²) >= 11 is 0.